The van der Waals surface area contributed by atoms with Crippen LogP contribution in [0.4, 0.5) is 0 Å². The first-order valence-corrected chi connectivity index (χ1v) is 19.5. The van der Waals surface area contributed by atoms with Crippen molar-refractivity contribution in [3.05, 3.63) is 121 Å². The SMILES string of the molecule is COC(=O)C1=C(C)N=c2sc(=Cc3cn(-c4ccccc4)nc3-c3ccc(S(=O)(=O)N4CCCCC4)cc3)c(=O)n2C1c1ccc(OC(C)=O)c(OC)c1. The van der Waals surface area contributed by atoms with E-state index >= 15 is 0 Å². The number of piperidine rings is 1. The number of fused-ring (bicyclic) bond motifs is 1. The lowest BCUT2D eigenvalue weighted by Gasteiger charge is -2.25. The summed E-state index contributed by atoms with van der Waals surface area (Å²) in [7, 11) is -0.957. The Morgan fingerprint density at radius 3 is 2.33 bits per heavy atom. The molecule has 0 aliphatic carbocycles. The Morgan fingerprint density at radius 1 is 0.944 bits per heavy atom. The van der Waals surface area contributed by atoms with Crippen LogP contribution in [0.5, 0.6) is 11.5 Å². The molecule has 13 nitrogen and oxygen atoms in total. The van der Waals surface area contributed by atoms with E-state index < -0.39 is 33.6 Å². The third-order valence-electron chi connectivity index (χ3n) is 9.31. The summed E-state index contributed by atoms with van der Waals surface area (Å²) in [6.07, 6.45) is 6.22. The van der Waals surface area contributed by atoms with Gasteiger partial charge >= 0.3 is 11.9 Å². The molecule has 2 aliphatic rings. The number of carbonyl (C=O) groups excluding carboxylic acids is 2. The summed E-state index contributed by atoms with van der Waals surface area (Å²) >= 11 is 1.15. The van der Waals surface area contributed by atoms with Crippen LogP contribution in [0.25, 0.3) is 23.0 Å². The van der Waals surface area contributed by atoms with Gasteiger partial charge in [0.2, 0.25) is 10.0 Å². The molecule has 15 heteroatoms. The summed E-state index contributed by atoms with van der Waals surface area (Å²) in [4.78, 5) is 44.7. The van der Waals surface area contributed by atoms with Crippen LogP contribution in [0.15, 0.2) is 105 Å². The van der Waals surface area contributed by atoms with Crippen molar-refractivity contribution in [1.29, 1.82) is 0 Å². The number of methoxy groups -OCH3 is 2. The lowest BCUT2D eigenvalue weighted by atomic mass is 9.95. The molecule has 2 aromatic heterocycles. The summed E-state index contributed by atoms with van der Waals surface area (Å²) in [5.74, 6) is -0.776. The van der Waals surface area contributed by atoms with Crippen molar-refractivity contribution in [3.8, 4) is 28.4 Å². The average Bonchev–Trinajstić information content (AvgIpc) is 3.74. The molecule has 1 fully saturated rings. The maximum Gasteiger partial charge on any atom is 0.338 e. The van der Waals surface area contributed by atoms with Gasteiger partial charge in [0.05, 0.1) is 52.3 Å². The first kappa shape index (κ1) is 36.7. The van der Waals surface area contributed by atoms with Crippen molar-refractivity contribution in [2.75, 3.05) is 27.3 Å². The smallest absolute Gasteiger partial charge is 0.338 e. The third-order valence-corrected chi connectivity index (χ3v) is 12.2. The molecule has 4 heterocycles. The minimum atomic E-state index is -3.64. The minimum absolute atomic E-state index is 0.163. The van der Waals surface area contributed by atoms with Crippen molar-refractivity contribution < 1.29 is 32.2 Å². The zero-order chi connectivity index (χ0) is 38.1. The fraction of sp³-hybridized carbons (Fsp3) is 0.256. The summed E-state index contributed by atoms with van der Waals surface area (Å²) < 4.78 is 47.7. The van der Waals surface area contributed by atoms with Gasteiger partial charge in [0.1, 0.15) is 0 Å². The van der Waals surface area contributed by atoms with Gasteiger partial charge in [-0.1, -0.05) is 54.2 Å². The second-order valence-corrected chi connectivity index (χ2v) is 15.7. The summed E-state index contributed by atoms with van der Waals surface area (Å²) in [5, 5.41) is 4.89. The molecule has 3 aromatic carbocycles. The predicted octanol–water partition coefficient (Wildman–Crippen LogP) is 4.37. The van der Waals surface area contributed by atoms with E-state index in [2.05, 4.69) is 4.99 Å². The molecule has 1 unspecified atom stereocenters. The van der Waals surface area contributed by atoms with Crippen molar-refractivity contribution in [2.24, 2.45) is 4.99 Å². The number of aromatic nitrogens is 3. The number of hydrogen-bond donors (Lipinski definition) is 0. The molecule has 5 aromatic rings. The van der Waals surface area contributed by atoms with Gasteiger partial charge in [-0.2, -0.15) is 9.40 Å². The first-order chi connectivity index (χ1) is 26.0. The number of allylic oxidation sites excluding steroid dienone is 1. The largest absolute Gasteiger partial charge is 0.493 e. The van der Waals surface area contributed by atoms with Gasteiger partial charge < -0.3 is 14.2 Å². The number of hydrogen-bond acceptors (Lipinski definition) is 11. The molecule has 0 radical (unpaired) electrons. The second-order valence-electron chi connectivity index (χ2n) is 12.8. The number of thiazole rings is 1. The summed E-state index contributed by atoms with van der Waals surface area (Å²) in [6.45, 7) is 3.96. The van der Waals surface area contributed by atoms with E-state index in [0.717, 1.165) is 36.3 Å². The molecule has 1 atom stereocenters. The molecule has 0 saturated carbocycles. The van der Waals surface area contributed by atoms with E-state index in [1.54, 1.807) is 60.1 Å². The highest BCUT2D eigenvalue weighted by Crippen LogP contribution is 2.36. The highest BCUT2D eigenvalue weighted by Gasteiger charge is 2.34. The molecule has 0 bridgehead atoms. The number of ether oxygens (including phenoxy) is 3. The molecule has 278 valence electrons. The lowest BCUT2D eigenvalue weighted by Crippen LogP contribution is -2.39. The number of sulfonamides is 1. The van der Waals surface area contributed by atoms with E-state index in [9.17, 15) is 22.8 Å². The van der Waals surface area contributed by atoms with E-state index in [0.29, 0.717) is 50.5 Å². The number of esters is 2. The van der Waals surface area contributed by atoms with Crippen LogP contribution < -0.4 is 24.4 Å². The first-order valence-electron chi connectivity index (χ1n) is 17.2. The lowest BCUT2D eigenvalue weighted by molar-refractivity contribution is -0.136. The number of nitrogens with zero attached hydrogens (tertiary/aromatic N) is 5. The number of para-hydroxylation sites is 1. The van der Waals surface area contributed by atoms with Crippen LogP contribution in [-0.4, -0.2) is 66.3 Å². The van der Waals surface area contributed by atoms with E-state index in [1.165, 1.54) is 30.0 Å². The van der Waals surface area contributed by atoms with Gasteiger partial charge in [0.15, 0.2) is 16.3 Å². The van der Waals surface area contributed by atoms with Crippen molar-refractivity contribution in [2.45, 2.75) is 44.0 Å². The molecule has 0 amide bonds. The molecular weight excluding hydrogens is 731 g/mol. The second kappa shape index (κ2) is 15.0. The van der Waals surface area contributed by atoms with Crippen LogP contribution in [0.3, 0.4) is 0 Å². The average molecular weight is 768 g/mol. The van der Waals surface area contributed by atoms with Gasteiger partial charge in [0, 0.05) is 37.3 Å². The van der Waals surface area contributed by atoms with Crippen LogP contribution >= 0.6 is 11.3 Å². The Kier molecular flexibility index (Phi) is 10.2. The minimum Gasteiger partial charge on any atom is -0.493 e. The highest BCUT2D eigenvalue weighted by atomic mass is 32.2. The zero-order valence-electron chi connectivity index (χ0n) is 30.0. The molecule has 2 aliphatic heterocycles. The Bertz CT molecular complexity index is 2580. The van der Waals surface area contributed by atoms with Gasteiger partial charge in [-0.15, -0.1) is 0 Å². The standard InChI is InChI=1S/C39H37N5O8S2/c1-24-34(38(47)51-4)36(27-15-18-31(52-25(2)45)32(21-27)50-3)44-37(46)33(53-39(44)40-24)22-28-23-43(29-11-7-5-8-12-29)41-35(28)26-13-16-30(17-14-26)54(48,49)42-19-9-6-10-20-42/h5,7-8,11-18,21-23,36H,6,9-10,19-20H2,1-4H3. The van der Waals surface area contributed by atoms with E-state index in [4.69, 9.17) is 19.3 Å². The molecule has 7 rings (SSSR count). The zero-order valence-corrected chi connectivity index (χ0v) is 31.6. The van der Waals surface area contributed by atoms with Crippen LogP contribution in [0.1, 0.15) is 50.3 Å². The molecule has 0 N–H and O–H groups in total. The topological polar surface area (TPSA) is 151 Å². The Labute approximate surface area is 315 Å². The van der Waals surface area contributed by atoms with Crippen molar-refractivity contribution >= 4 is 39.4 Å². The van der Waals surface area contributed by atoms with Crippen LogP contribution in [0, 0.1) is 0 Å². The highest BCUT2D eigenvalue weighted by molar-refractivity contribution is 7.89. The van der Waals surface area contributed by atoms with Crippen molar-refractivity contribution in [3.63, 3.8) is 0 Å². The molecule has 54 heavy (non-hydrogen) atoms. The monoisotopic (exact) mass is 767 g/mol. The third kappa shape index (κ3) is 6.93. The Balaban J connectivity index is 1.37. The molecular formula is C39H37N5O8S2. The number of carbonyl (C=O) groups is 2. The number of benzene rings is 3. The number of rotatable bonds is 9. The van der Waals surface area contributed by atoms with Gasteiger partial charge in [-0.25, -0.2) is 22.9 Å². The van der Waals surface area contributed by atoms with Gasteiger partial charge in [-0.3, -0.25) is 14.2 Å². The molecule has 1 saturated heterocycles. The summed E-state index contributed by atoms with van der Waals surface area (Å²) in [5.41, 5.74) is 3.20. The quantitative estimate of drug-likeness (QED) is 0.157. The van der Waals surface area contributed by atoms with Gasteiger partial charge in [0.25, 0.3) is 5.56 Å². The van der Waals surface area contributed by atoms with E-state index in [-0.39, 0.29) is 22.0 Å². The fourth-order valence-corrected chi connectivity index (χ4v) is 9.27. The van der Waals surface area contributed by atoms with Gasteiger partial charge in [-0.05, 0) is 67.8 Å². The van der Waals surface area contributed by atoms with Crippen LogP contribution in [0.2, 0.25) is 0 Å². The van der Waals surface area contributed by atoms with E-state index in [1.807, 2.05) is 36.5 Å². The van der Waals surface area contributed by atoms with Crippen molar-refractivity contribution in [1.82, 2.24) is 18.7 Å². The predicted molar refractivity (Wildman–Crippen MR) is 202 cm³/mol. The maximum atomic E-state index is 14.5. The normalized spacial score (nSPS) is 16.4. The Hall–Kier alpha value is -5.64. The Morgan fingerprint density at radius 2 is 1.67 bits per heavy atom. The van der Waals surface area contributed by atoms with Crippen LogP contribution in [-0.2, 0) is 24.3 Å². The summed E-state index contributed by atoms with van der Waals surface area (Å²) in [6, 6.07) is 20.0. The fourth-order valence-electron chi connectivity index (χ4n) is 6.71. The maximum absolute atomic E-state index is 14.5. The molecule has 0 spiro atoms.